The van der Waals surface area contributed by atoms with Crippen LogP contribution in [0.3, 0.4) is 0 Å². The molecule has 0 aromatic carbocycles. The molecule has 1 aliphatic heterocycles. The zero-order chi connectivity index (χ0) is 14.0. The molecule has 2 atom stereocenters. The van der Waals surface area contributed by atoms with E-state index in [1.54, 1.807) is 6.92 Å². The third-order valence-corrected chi connectivity index (χ3v) is 4.12. The number of rotatable bonds is 4. The van der Waals surface area contributed by atoms with Gasteiger partial charge in [0.15, 0.2) is 0 Å². The van der Waals surface area contributed by atoms with Gasteiger partial charge in [-0.1, -0.05) is 0 Å². The largest absolute Gasteiger partial charge is 0.477 e. The number of aryl methyl sites for hydroxylation is 1. The van der Waals surface area contributed by atoms with Crippen LogP contribution < -0.4 is 5.32 Å². The Bertz CT molecular complexity index is 500. The van der Waals surface area contributed by atoms with Crippen LogP contribution in [0.25, 0.3) is 0 Å². The van der Waals surface area contributed by atoms with Crippen LogP contribution in [0, 0.1) is 6.92 Å². The molecule has 19 heavy (non-hydrogen) atoms. The summed E-state index contributed by atoms with van der Waals surface area (Å²) < 4.78 is 5.46. The average molecular weight is 284 g/mol. The molecule has 1 aliphatic rings. The highest BCUT2D eigenvalue weighted by Gasteiger charge is 2.28. The second-order valence-electron chi connectivity index (χ2n) is 4.56. The summed E-state index contributed by atoms with van der Waals surface area (Å²) >= 11 is 1.09. The Kier molecular flexibility index (Phi) is 4.16. The van der Waals surface area contributed by atoms with E-state index in [9.17, 15) is 9.59 Å². The van der Waals surface area contributed by atoms with Gasteiger partial charge in [0.05, 0.1) is 18.3 Å². The van der Waals surface area contributed by atoms with E-state index in [2.05, 4.69) is 10.3 Å². The summed E-state index contributed by atoms with van der Waals surface area (Å²) in [4.78, 5) is 27.0. The number of hydrogen-bond acceptors (Lipinski definition) is 5. The molecule has 2 N–H and O–H groups in total. The number of carboxylic acids is 1. The summed E-state index contributed by atoms with van der Waals surface area (Å²) in [5.41, 5.74) is 0.479. The third kappa shape index (κ3) is 3.30. The van der Waals surface area contributed by atoms with Crippen molar-refractivity contribution in [1.29, 1.82) is 0 Å². The van der Waals surface area contributed by atoms with Crippen LogP contribution in [0.1, 0.15) is 40.1 Å². The van der Waals surface area contributed by atoms with Crippen LogP contribution in [0.2, 0.25) is 0 Å². The lowest BCUT2D eigenvalue weighted by molar-refractivity contribution is -0.131. The van der Waals surface area contributed by atoms with Crippen molar-refractivity contribution in [1.82, 2.24) is 10.3 Å². The summed E-state index contributed by atoms with van der Waals surface area (Å²) in [7, 11) is 0. The first-order valence-electron chi connectivity index (χ1n) is 6.10. The van der Waals surface area contributed by atoms with E-state index in [1.807, 2.05) is 6.92 Å². The number of thiazole rings is 1. The molecule has 1 aromatic heterocycles. The minimum absolute atomic E-state index is 0.122. The van der Waals surface area contributed by atoms with Gasteiger partial charge in [-0.2, -0.15) is 0 Å². The molecule has 0 bridgehead atoms. The Morgan fingerprint density at radius 1 is 1.53 bits per heavy atom. The standard InChI is InChI=1S/C12H16N2O4S/c1-6-3-4-8(18-6)11(15)13-5-9-14-7(2)10(19-9)12(16)17/h6,8H,3-5H2,1-2H3,(H,13,15)(H,16,17). The highest BCUT2D eigenvalue weighted by atomic mass is 32.1. The van der Waals surface area contributed by atoms with Gasteiger partial charge in [-0.25, -0.2) is 9.78 Å². The van der Waals surface area contributed by atoms with E-state index in [4.69, 9.17) is 9.84 Å². The molecular formula is C12H16N2O4S. The molecule has 2 unspecified atom stereocenters. The van der Waals surface area contributed by atoms with E-state index in [0.29, 0.717) is 10.7 Å². The molecule has 104 valence electrons. The molecule has 0 spiro atoms. The molecule has 1 fully saturated rings. The van der Waals surface area contributed by atoms with Gasteiger partial charge in [0.1, 0.15) is 16.0 Å². The maximum atomic E-state index is 11.8. The fourth-order valence-corrected chi connectivity index (χ4v) is 2.84. The Morgan fingerprint density at radius 2 is 2.26 bits per heavy atom. The number of carboxylic acid groups (broad SMARTS) is 1. The molecule has 0 radical (unpaired) electrons. The molecule has 2 heterocycles. The van der Waals surface area contributed by atoms with Gasteiger partial charge in [0.25, 0.3) is 0 Å². The first-order chi connectivity index (χ1) is 8.97. The van der Waals surface area contributed by atoms with Crippen molar-refractivity contribution in [2.45, 2.75) is 45.4 Å². The third-order valence-electron chi connectivity index (χ3n) is 2.97. The molecule has 1 saturated heterocycles. The Morgan fingerprint density at radius 3 is 2.79 bits per heavy atom. The van der Waals surface area contributed by atoms with E-state index in [-0.39, 0.29) is 23.4 Å². The number of nitrogens with one attached hydrogen (secondary N) is 1. The number of carbonyl (C=O) groups is 2. The molecule has 0 aliphatic carbocycles. The fraction of sp³-hybridized carbons (Fsp3) is 0.583. The van der Waals surface area contributed by atoms with Gasteiger partial charge in [0.2, 0.25) is 5.91 Å². The van der Waals surface area contributed by atoms with Crippen LogP contribution in [-0.2, 0) is 16.1 Å². The number of ether oxygens (including phenoxy) is 1. The summed E-state index contributed by atoms with van der Waals surface area (Å²) in [6.45, 7) is 3.83. The molecular weight excluding hydrogens is 268 g/mol. The first-order valence-corrected chi connectivity index (χ1v) is 6.91. The van der Waals surface area contributed by atoms with E-state index in [0.717, 1.165) is 24.2 Å². The molecule has 1 aromatic rings. The van der Waals surface area contributed by atoms with Crippen LogP contribution in [-0.4, -0.2) is 34.2 Å². The Balaban J connectivity index is 1.90. The van der Waals surface area contributed by atoms with Crippen molar-refractivity contribution >= 4 is 23.2 Å². The van der Waals surface area contributed by atoms with Crippen LogP contribution in [0.15, 0.2) is 0 Å². The van der Waals surface area contributed by atoms with E-state index < -0.39 is 12.1 Å². The minimum atomic E-state index is -0.986. The van der Waals surface area contributed by atoms with Gasteiger partial charge < -0.3 is 15.2 Å². The van der Waals surface area contributed by atoms with Crippen molar-refractivity contribution in [3.63, 3.8) is 0 Å². The molecule has 0 saturated carbocycles. The van der Waals surface area contributed by atoms with Gasteiger partial charge in [-0.05, 0) is 26.7 Å². The molecule has 6 nitrogen and oxygen atoms in total. The number of hydrogen-bond donors (Lipinski definition) is 2. The smallest absolute Gasteiger partial charge is 0.347 e. The average Bonchev–Trinajstić information content (AvgIpc) is 2.92. The Labute approximate surface area is 114 Å². The maximum absolute atomic E-state index is 11.8. The lowest BCUT2D eigenvalue weighted by Crippen LogP contribution is -2.34. The van der Waals surface area contributed by atoms with Gasteiger partial charge >= 0.3 is 5.97 Å². The predicted octanol–water partition coefficient (Wildman–Crippen LogP) is 1.33. The Hall–Kier alpha value is -1.47. The molecule has 7 heteroatoms. The van der Waals surface area contributed by atoms with E-state index >= 15 is 0 Å². The summed E-state index contributed by atoms with van der Waals surface area (Å²) in [6.07, 6.45) is 1.34. The summed E-state index contributed by atoms with van der Waals surface area (Å²) in [5, 5.41) is 12.2. The zero-order valence-corrected chi connectivity index (χ0v) is 11.6. The monoisotopic (exact) mass is 284 g/mol. The normalized spacial score (nSPS) is 22.4. The number of nitrogens with zero attached hydrogens (tertiary/aromatic N) is 1. The zero-order valence-electron chi connectivity index (χ0n) is 10.8. The summed E-state index contributed by atoms with van der Waals surface area (Å²) in [5.74, 6) is -1.14. The second-order valence-corrected chi connectivity index (χ2v) is 5.64. The molecule has 2 rings (SSSR count). The van der Waals surface area contributed by atoms with Crippen molar-refractivity contribution in [3.05, 3.63) is 15.6 Å². The summed E-state index contributed by atoms with van der Waals surface area (Å²) in [6, 6.07) is 0. The second kappa shape index (κ2) is 5.66. The van der Waals surface area contributed by atoms with Gasteiger partial charge in [0, 0.05) is 0 Å². The SMILES string of the molecule is Cc1nc(CNC(=O)C2CCC(C)O2)sc1C(=O)O. The van der Waals surface area contributed by atoms with Crippen LogP contribution in [0.4, 0.5) is 0 Å². The highest BCUT2D eigenvalue weighted by molar-refractivity contribution is 7.13. The number of amides is 1. The van der Waals surface area contributed by atoms with E-state index in [1.165, 1.54) is 0 Å². The van der Waals surface area contributed by atoms with Crippen LogP contribution in [0.5, 0.6) is 0 Å². The first kappa shape index (κ1) is 14.0. The quantitative estimate of drug-likeness (QED) is 0.871. The number of aromatic carboxylic acids is 1. The van der Waals surface area contributed by atoms with Crippen LogP contribution >= 0.6 is 11.3 Å². The lowest BCUT2D eigenvalue weighted by Gasteiger charge is -2.10. The highest BCUT2D eigenvalue weighted by Crippen LogP contribution is 2.20. The number of aromatic nitrogens is 1. The van der Waals surface area contributed by atoms with Crippen molar-refractivity contribution in [2.24, 2.45) is 0 Å². The van der Waals surface area contributed by atoms with Crippen molar-refractivity contribution in [2.75, 3.05) is 0 Å². The van der Waals surface area contributed by atoms with Gasteiger partial charge in [-0.3, -0.25) is 4.79 Å². The molecule has 1 amide bonds. The fourth-order valence-electron chi connectivity index (χ4n) is 2.00. The van der Waals surface area contributed by atoms with Crippen molar-refractivity contribution < 1.29 is 19.4 Å². The number of carbonyl (C=O) groups excluding carboxylic acids is 1. The van der Waals surface area contributed by atoms with Crippen molar-refractivity contribution in [3.8, 4) is 0 Å². The lowest BCUT2D eigenvalue weighted by atomic mass is 10.2. The topological polar surface area (TPSA) is 88.5 Å². The minimum Gasteiger partial charge on any atom is -0.477 e. The van der Waals surface area contributed by atoms with Gasteiger partial charge in [-0.15, -0.1) is 11.3 Å². The maximum Gasteiger partial charge on any atom is 0.347 e. The predicted molar refractivity (Wildman–Crippen MR) is 69.2 cm³/mol.